The van der Waals surface area contributed by atoms with Crippen LogP contribution in [0.3, 0.4) is 0 Å². The first-order chi connectivity index (χ1) is 9.20. The van der Waals surface area contributed by atoms with Gasteiger partial charge in [0.2, 0.25) is 0 Å². The molecular formula is C18H29N. The summed E-state index contributed by atoms with van der Waals surface area (Å²) in [4.78, 5) is 0. The van der Waals surface area contributed by atoms with Crippen molar-refractivity contribution in [3.8, 4) is 0 Å². The van der Waals surface area contributed by atoms with Crippen LogP contribution in [0.1, 0.15) is 58.4 Å². The summed E-state index contributed by atoms with van der Waals surface area (Å²) in [6.07, 6.45) is 6.58. The Hall–Kier alpha value is -0.820. The average molecular weight is 259 g/mol. The van der Waals surface area contributed by atoms with Crippen LogP contribution in [-0.4, -0.2) is 13.1 Å². The second-order valence-electron chi connectivity index (χ2n) is 6.38. The number of hydrogen-bond donors (Lipinski definition) is 1. The Morgan fingerprint density at radius 2 is 1.63 bits per heavy atom. The molecule has 0 aromatic heterocycles. The van der Waals surface area contributed by atoms with E-state index >= 15 is 0 Å². The Kier molecular flexibility index (Phi) is 4.67. The Morgan fingerprint density at radius 1 is 1.00 bits per heavy atom. The van der Waals surface area contributed by atoms with Gasteiger partial charge in [-0.2, -0.15) is 0 Å². The van der Waals surface area contributed by atoms with E-state index in [1.54, 1.807) is 0 Å². The van der Waals surface area contributed by atoms with Crippen LogP contribution in [0.25, 0.3) is 0 Å². The molecule has 0 spiro atoms. The normalized spacial score (nSPS) is 19.9. The van der Waals surface area contributed by atoms with Crippen LogP contribution < -0.4 is 5.32 Å². The molecular weight excluding hydrogens is 230 g/mol. The summed E-state index contributed by atoms with van der Waals surface area (Å²) in [6.45, 7) is 9.24. The van der Waals surface area contributed by atoms with Crippen molar-refractivity contribution in [2.45, 2.75) is 58.3 Å². The largest absolute Gasteiger partial charge is 0.316 e. The third kappa shape index (κ3) is 2.86. The van der Waals surface area contributed by atoms with E-state index < -0.39 is 0 Å². The summed E-state index contributed by atoms with van der Waals surface area (Å²) in [5.41, 5.74) is 2.53. The minimum atomic E-state index is 0.391. The van der Waals surface area contributed by atoms with Crippen LogP contribution in [-0.2, 0) is 5.41 Å². The Labute approximate surface area is 118 Å². The summed E-state index contributed by atoms with van der Waals surface area (Å²) in [7, 11) is 0. The molecule has 2 rings (SSSR count). The summed E-state index contributed by atoms with van der Waals surface area (Å²) in [6, 6.07) is 11.2. The molecule has 106 valence electrons. The summed E-state index contributed by atoms with van der Waals surface area (Å²) < 4.78 is 0. The molecule has 1 aromatic carbocycles. The van der Waals surface area contributed by atoms with E-state index in [2.05, 4.69) is 56.4 Å². The van der Waals surface area contributed by atoms with Gasteiger partial charge in [0.1, 0.15) is 0 Å². The fraction of sp³-hybridized carbons (Fsp3) is 0.667. The molecule has 1 aliphatic carbocycles. The highest BCUT2D eigenvalue weighted by Crippen LogP contribution is 2.58. The van der Waals surface area contributed by atoms with Crippen LogP contribution in [0.4, 0.5) is 0 Å². The molecule has 0 heterocycles. The fourth-order valence-electron chi connectivity index (χ4n) is 3.86. The summed E-state index contributed by atoms with van der Waals surface area (Å²) in [5, 5.41) is 3.66. The SMILES string of the molecule is CCCNCC1(c2ccccc2)CC(CC)(CC)C1. The minimum absolute atomic E-state index is 0.391. The molecule has 1 fully saturated rings. The standard InChI is InChI=1S/C18H29N/c1-4-12-19-15-18(16-10-8-7-9-11-16)13-17(5-2,6-3)14-18/h7-11,19H,4-6,12-15H2,1-3H3. The predicted molar refractivity (Wildman–Crippen MR) is 83.5 cm³/mol. The summed E-state index contributed by atoms with van der Waals surface area (Å²) >= 11 is 0. The Morgan fingerprint density at radius 3 is 2.16 bits per heavy atom. The quantitative estimate of drug-likeness (QED) is 0.710. The van der Waals surface area contributed by atoms with Gasteiger partial charge in [0.05, 0.1) is 0 Å². The van der Waals surface area contributed by atoms with E-state index in [9.17, 15) is 0 Å². The van der Waals surface area contributed by atoms with E-state index in [0.717, 1.165) is 13.1 Å². The highest BCUT2D eigenvalue weighted by molar-refractivity contribution is 5.31. The zero-order valence-electron chi connectivity index (χ0n) is 12.8. The second kappa shape index (κ2) is 6.09. The van der Waals surface area contributed by atoms with Gasteiger partial charge in [-0.3, -0.25) is 0 Å². The maximum absolute atomic E-state index is 3.66. The first kappa shape index (κ1) is 14.6. The first-order valence-corrected chi connectivity index (χ1v) is 7.96. The van der Waals surface area contributed by atoms with Crippen molar-refractivity contribution in [2.75, 3.05) is 13.1 Å². The molecule has 0 saturated heterocycles. The summed E-state index contributed by atoms with van der Waals surface area (Å²) in [5.74, 6) is 0. The number of nitrogens with one attached hydrogen (secondary N) is 1. The van der Waals surface area contributed by atoms with Gasteiger partial charge >= 0.3 is 0 Å². The Balaban J connectivity index is 2.13. The van der Waals surface area contributed by atoms with E-state index in [0.29, 0.717) is 10.8 Å². The fourth-order valence-corrected chi connectivity index (χ4v) is 3.86. The number of rotatable bonds is 7. The first-order valence-electron chi connectivity index (χ1n) is 7.96. The second-order valence-corrected chi connectivity index (χ2v) is 6.38. The maximum atomic E-state index is 3.66. The van der Waals surface area contributed by atoms with Gasteiger partial charge in [0, 0.05) is 12.0 Å². The lowest BCUT2D eigenvalue weighted by Gasteiger charge is -2.57. The van der Waals surface area contributed by atoms with Gasteiger partial charge in [-0.15, -0.1) is 0 Å². The zero-order chi connectivity index (χ0) is 13.8. The number of hydrogen-bond acceptors (Lipinski definition) is 1. The molecule has 1 saturated carbocycles. The molecule has 0 radical (unpaired) electrons. The van der Waals surface area contributed by atoms with Crippen LogP contribution in [0.15, 0.2) is 30.3 Å². The third-order valence-corrected chi connectivity index (χ3v) is 5.20. The van der Waals surface area contributed by atoms with Gasteiger partial charge in [-0.05, 0) is 36.8 Å². The molecule has 1 aromatic rings. The van der Waals surface area contributed by atoms with Crippen LogP contribution >= 0.6 is 0 Å². The molecule has 1 N–H and O–H groups in total. The van der Waals surface area contributed by atoms with Crippen molar-refractivity contribution in [3.05, 3.63) is 35.9 Å². The van der Waals surface area contributed by atoms with Crippen LogP contribution in [0.2, 0.25) is 0 Å². The predicted octanol–water partition coefficient (Wildman–Crippen LogP) is 4.52. The molecule has 19 heavy (non-hydrogen) atoms. The molecule has 0 unspecified atom stereocenters. The molecule has 0 aliphatic heterocycles. The number of benzene rings is 1. The van der Waals surface area contributed by atoms with E-state index in [1.165, 1.54) is 37.7 Å². The third-order valence-electron chi connectivity index (χ3n) is 5.20. The smallest absolute Gasteiger partial charge is 0.00883 e. The van der Waals surface area contributed by atoms with Gasteiger partial charge in [0.15, 0.2) is 0 Å². The topological polar surface area (TPSA) is 12.0 Å². The van der Waals surface area contributed by atoms with Crippen molar-refractivity contribution in [3.63, 3.8) is 0 Å². The lowest BCUT2D eigenvalue weighted by atomic mass is 9.48. The highest BCUT2D eigenvalue weighted by atomic mass is 14.9. The van der Waals surface area contributed by atoms with Crippen molar-refractivity contribution in [2.24, 2.45) is 5.41 Å². The maximum Gasteiger partial charge on any atom is 0.00883 e. The molecule has 1 heteroatoms. The average Bonchev–Trinajstić information content (AvgIpc) is 2.43. The van der Waals surface area contributed by atoms with Gasteiger partial charge in [0.25, 0.3) is 0 Å². The molecule has 0 atom stereocenters. The van der Waals surface area contributed by atoms with E-state index in [1.807, 2.05) is 0 Å². The van der Waals surface area contributed by atoms with Gasteiger partial charge in [-0.25, -0.2) is 0 Å². The molecule has 0 amide bonds. The zero-order valence-corrected chi connectivity index (χ0v) is 12.8. The monoisotopic (exact) mass is 259 g/mol. The van der Waals surface area contributed by atoms with E-state index in [4.69, 9.17) is 0 Å². The van der Waals surface area contributed by atoms with Gasteiger partial charge in [-0.1, -0.05) is 63.9 Å². The molecule has 1 aliphatic rings. The minimum Gasteiger partial charge on any atom is -0.316 e. The Bertz CT molecular complexity index is 370. The van der Waals surface area contributed by atoms with E-state index in [-0.39, 0.29) is 0 Å². The highest BCUT2D eigenvalue weighted by Gasteiger charge is 2.52. The molecule has 0 bridgehead atoms. The molecule has 1 nitrogen and oxygen atoms in total. The van der Waals surface area contributed by atoms with Crippen molar-refractivity contribution < 1.29 is 0 Å². The van der Waals surface area contributed by atoms with Crippen LogP contribution in [0, 0.1) is 5.41 Å². The van der Waals surface area contributed by atoms with Gasteiger partial charge < -0.3 is 5.32 Å². The lowest BCUT2D eigenvalue weighted by molar-refractivity contribution is 0.0130. The van der Waals surface area contributed by atoms with Crippen LogP contribution in [0.5, 0.6) is 0 Å². The van der Waals surface area contributed by atoms with Crippen molar-refractivity contribution in [1.82, 2.24) is 5.32 Å². The van der Waals surface area contributed by atoms with Crippen molar-refractivity contribution >= 4 is 0 Å². The lowest BCUT2D eigenvalue weighted by Crippen LogP contribution is -2.54. The van der Waals surface area contributed by atoms with Crippen molar-refractivity contribution in [1.29, 1.82) is 0 Å².